The molecule has 1 N–H and O–H groups in total. The van der Waals surface area contributed by atoms with Crippen molar-refractivity contribution in [1.82, 2.24) is 15.1 Å². The molecular formula is C11H18N4. The number of piperidine rings is 1. The van der Waals surface area contributed by atoms with Gasteiger partial charge in [0.05, 0.1) is 5.69 Å². The van der Waals surface area contributed by atoms with Crippen molar-refractivity contribution in [3.63, 3.8) is 0 Å². The summed E-state index contributed by atoms with van der Waals surface area (Å²) in [6.07, 6.45) is 2.49. The van der Waals surface area contributed by atoms with E-state index in [1.54, 1.807) is 0 Å². The van der Waals surface area contributed by atoms with E-state index < -0.39 is 0 Å². The summed E-state index contributed by atoms with van der Waals surface area (Å²) in [7, 11) is 4.03. The minimum atomic E-state index is 0.558. The lowest BCUT2D eigenvalue weighted by Crippen LogP contribution is -2.31. The Morgan fingerprint density at radius 2 is 2.27 bits per heavy atom. The van der Waals surface area contributed by atoms with E-state index in [-0.39, 0.29) is 0 Å². The molecule has 4 heteroatoms. The zero-order chi connectivity index (χ0) is 10.7. The van der Waals surface area contributed by atoms with E-state index >= 15 is 0 Å². The van der Waals surface area contributed by atoms with Crippen LogP contribution in [0.1, 0.15) is 24.5 Å². The molecule has 2 heterocycles. The molecule has 1 atom stereocenters. The first-order valence-electron chi connectivity index (χ1n) is 5.49. The molecule has 15 heavy (non-hydrogen) atoms. The molecule has 1 aromatic rings. The number of likely N-dealkylation sites (tertiary alicyclic amines) is 1. The van der Waals surface area contributed by atoms with Gasteiger partial charge in [-0.05, 0) is 38.6 Å². The number of nitrogens with zero attached hydrogens (tertiary/aromatic N) is 3. The van der Waals surface area contributed by atoms with E-state index in [9.17, 15) is 0 Å². The smallest absolute Gasteiger partial charge is 0.148 e. The second-order valence-corrected chi connectivity index (χ2v) is 4.19. The zero-order valence-electron chi connectivity index (χ0n) is 9.40. The third kappa shape index (κ3) is 2.45. The van der Waals surface area contributed by atoms with Crippen LogP contribution < -0.4 is 5.32 Å². The second kappa shape index (κ2) is 4.57. The summed E-state index contributed by atoms with van der Waals surface area (Å²) >= 11 is 0. The molecule has 2 rings (SSSR count). The van der Waals surface area contributed by atoms with Gasteiger partial charge in [-0.25, -0.2) is 0 Å². The van der Waals surface area contributed by atoms with Gasteiger partial charge in [0.2, 0.25) is 0 Å². The van der Waals surface area contributed by atoms with E-state index in [2.05, 4.69) is 33.5 Å². The van der Waals surface area contributed by atoms with Crippen molar-refractivity contribution < 1.29 is 0 Å². The van der Waals surface area contributed by atoms with Crippen molar-refractivity contribution in [1.29, 1.82) is 0 Å². The quantitative estimate of drug-likeness (QED) is 0.792. The van der Waals surface area contributed by atoms with Crippen LogP contribution in [0.25, 0.3) is 0 Å². The molecule has 0 amide bonds. The van der Waals surface area contributed by atoms with Gasteiger partial charge >= 0.3 is 0 Å². The third-order valence-electron chi connectivity index (χ3n) is 2.98. The number of anilines is 1. The Kier molecular flexibility index (Phi) is 3.16. The van der Waals surface area contributed by atoms with Crippen LogP contribution in [-0.4, -0.2) is 42.3 Å². The highest BCUT2D eigenvalue weighted by atomic mass is 15.2. The lowest BCUT2D eigenvalue weighted by molar-refractivity contribution is 0.248. The molecule has 0 spiro atoms. The number of nitrogens with one attached hydrogen (secondary N) is 1. The van der Waals surface area contributed by atoms with Crippen LogP contribution in [0.4, 0.5) is 5.82 Å². The summed E-state index contributed by atoms with van der Waals surface area (Å²) in [5.41, 5.74) is 1.13. The molecule has 0 aliphatic carbocycles. The van der Waals surface area contributed by atoms with Crippen LogP contribution in [0, 0.1) is 0 Å². The predicted octanol–water partition coefficient (Wildman–Crippen LogP) is 1.33. The molecule has 1 saturated heterocycles. The van der Waals surface area contributed by atoms with Gasteiger partial charge in [0.25, 0.3) is 0 Å². The van der Waals surface area contributed by atoms with E-state index in [4.69, 9.17) is 0 Å². The minimum absolute atomic E-state index is 0.558. The topological polar surface area (TPSA) is 41.0 Å². The maximum absolute atomic E-state index is 4.27. The molecule has 1 aliphatic heterocycles. The Bertz CT molecular complexity index is 309. The van der Waals surface area contributed by atoms with Crippen LogP contribution in [0.5, 0.6) is 0 Å². The molecule has 1 unspecified atom stereocenters. The molecule has 0 radical (unpaired) electrons. The molecule has 0 saturated carbocycles. The molecule has 4 nitrogen and oxygen atoms in total. The molecule has 0 bridgehead atoms. The fourth-order valence-electron chi connectivity index (χ4n) is 2.10. The fraction of sp³-hybridized carbons (Fsp3) is 0.636. The van der Waals surface area contributed by atoms with Gasteiger partial charge in [0.15, 0.2) is 0 Å². The van der Waals surface area contributed by atoms with Crippen molar-refractivity contribution in [2.45, 2.75) is 18.8 Å². The molecule has 1 aliphatic rings. The minimum Gasteiger partial charge on any atom is -0.372 e. The van der Waals surface area contributed by atoms with Crippen molar-refractivity contribution >= 4 is 5.82 Å². The Morgan fingerprint density at radius 1 is 1.40 bits per heavy atom. The number of hydrogen-bond donors (Lipinski definition) is 1. The summed E-state index contributed by atoms with van der Waals surface area (Å²) in [6, 6.07) is 4.08. The average molecular weight is 206 g/mol. The molecule has 1 aromatic heterocycles. The van der Waals surface area contributed by atoms with E-state index in [1.165, 1.54) is 19.4 Å². The summed E-state index contributed by atoms with van der Waals surface area (Å²) < 4.78 is 0. The monoisotopic (exact) mass is 206 g/mol. The van der Waals surface area contributed by atoms with Crippen LogP contribution in [0.2, 0.25) is 0 Å². The van der Waals surface area contributed by atoms with E-state index in [1.807, 2.05) is 13.1 Å². The Morgan fingerprint density at radius 3 is 2.87 bits per heavy atom. The van der Waals surface area contributed by atoms with Crippen LogP contribution in [0.15, 0.2) is 12.1 Å². The third-order valence-corrected chi connectivity index (χ3v) is 2.98. The van der Waals surface area contributed by atoms with Crippen LogP contribution in [0.3, 0.4) is 0 Å². The Hall–Kier alpha value is -1.16. The van der Waals surface area contributed by atoms with E-state index in [0.717, 1.165) is 18.1 Å². The largest absolute Gasteiger partial charge is 0.372 e. The number of rotatable bonds is 2. The maximum Gasteiger partial charge on any atom is 0.148 e. The average Bonchev–Trinajstić information content (AvgIpc) is 2.29. The first-order chi connectivity index (χ1) is 7.29. The number of hydrogen-bond acceptors (Lipinski definition) is 4. The summed E-state index contributed by atoms with van der Waals surface area (Å²) in [4.78, 5) is 2.36. The summed E-state index contributed by atoms with van der Waals surface area (Å²) in [5.74, 6) is 1.39. The highest BCUT2D eigenvalue weighted by Crippen LogP contribution is 2.24. The standard InChI is InChI=1S/C11H18N4/c1-12-11-6-5-10(13-14-11)9-4-3-7-15(2)8-9/h5-6,9H,3-4,7-8H2,1-2H3,(H,12,14). The molecule has 82 valence electrons. The molecular weight excluding hydrogens is 188 g/mol. The highest BCUT2D eigenvalue weighted by molar-refractivity contribution is 5.32. The van der Waals surface area contributed by atoms with Crippen molar-refractivity contribution in [3.8, 4) is 0 Å². The molecule has 0 aromatic carbocycles. The van der Waals surface area contributed by atoms with Crippen molar-refractivity contribution in [2.24, 2.45) is 0 Å². The first-order valence-corrected chi connectivity index (χ1v) is 5.49. The van der Waals surface area contributed by atoms with Crippen molar-refractivity contribution in [2.75, 3.05) is 32.5 Å². The fourth-order valence-corrected chi connectivity index (χ4v) is 2.10. The number of aromatic nitrogens is 2. The van der Waals surface area contributed by atoms with Crippen LogP contribution in [-0.2, 0) is 0 Å². The predicted molar refractivity (Wildman–Crippen MR) is 61.1 cm³/mol. The Balaban J connectivity index is 2.07. The first kappa shape index (κ1) is 10.4. The molecule has 1 fully saturated rings. The van der Waals surface area contributed by atoms with Gasteiger partial charge in [0, 0.05) is 19.5 Å². The van der Waals surface area contributed by atoms with Gasteiger partial charge in [-0.1, -0.05) is 0 Å². The maximum atomic E-state index is 4.27. The summed E-state index contributed by atoms with van der Waals surface area (Å²) in [6.45, 7) is 2.31. The normalized spacial score (nSPS) is 22.7. The SMILES string of the molecule is CNc1ccc(C2CCCN(C)C2)nn1. The zero-order valence-corrected chi connectivity index (χ0v) is 9.40. The Labute approximate surface area is 90.7 Å². The van der Waals surface area contributed by atoms with Crippen molar-refractivity contribution in [3.05, 3.63) is 17.8 Å². The second-order valence-electron chi connectivity index (χ2n) is 4.19. The van der Waals surface area contributed by atoms with Gasteiger partial charge in [0.1, 0.15) is 5.82 Å². The van der Waals surface area contributed by atoms with Gasteiger partial charge in [-0.15, -0.1) is 5.10 Å². The lowest BCUT2D eigenvalue weighted by atomic mass is 9.95. The van der Waals surface area contributed by atoms with Gasteiger partial charge in [-0.3, -0.25) is 0 Å². The van der Waals surface area contributed by atoms with Crippen LogP contribution >= 0.6 is 0 Å². The highest BCUT2D eigenvalue weighted by Gasteiger charge is 2.20. The van der Waals surface area contributed by atoms with E-state index in [0.29, 0.717) is 5.92 Å². The van der Waals surface area contributed by atoms with Gasteiger partial charge < -0.3 is 10.2 Å². The lowest BCUT2D eigenvalue weighted by Gasteiger charge is -2.28. The number of likely N-dealkylation sites (N-methyl/N-ethyl adjacent to an activating group) is 1. The summed E-state index contributed by atoms with van der Waals surface area (Å²) in [5, 5.41) is 11.4. The van der Waals surface area contributed by atoms with Gasteiger partial charge in [-0.2, -0.15) is 5.10 Å².